The molecule has 0 radical (unpaired) electrons. The molecule has 5 unspecified atom stereocenters. The molecule has 0 saturated heterocycles. The van der Waals surface area contributed by atoms with Crippen molar-refractivity contribution in [3.05, 3.63) is 262 Å². The van der Waals surface area contributed by atoms with Gasteiger partial charge in [0.2, 0.25) is 0 Å². The Balaban J connectivity index is 0.921. The standard InChI is InChI=1S/C60H49N/c1-5-16-41(17-6-1)43-28-32-45(33-29-43)52-37-51(42-18-7-2-8-19-42)38-53(39-52)46-34-30-44(31-35-46)49-24-15-25-50(36-49)58-54-26-13-14-27-55(54)60-59(58)56(47-20-9-3-10-21-47)40-57(61-60)48-22-11-4-12-23-48/h1-36,51-53,56,59H,37-40H2. The smallest absolute Gasteiger partial charge is 0.0567 e. The third-order valence-electron chi connectivity index (χ3n) is 13.9. The fourth-order valence-corrected chi connectivity index (χ4v) is 10.9. The molecular weight excluding hydrogens is 735 g/mol. The van der Waals surface area contributed by atoms with Gasteiger partial charge in [-0.05, 0) is 116 Å². The average molecular weight is 784 g/mol. The summed E-state index contributed by atoms with van der Waals surface area (Å²) in [5.41, 5.74) is 17.1. The molecule has 8 aromatic rings. The van der Waals surface area contributed by atoms with Crippen molar-refractivity contribution >= 4 is 17.0 Å². The Morgan fingerprint density at radius 1 is 0.328 bits per heavy atom. The van der Waals surface area contributed by atoms with Crippen molar-refractivity contribution in [1.29, 1.82) is 0 Å². The second-order valence-corrected chi connectivity index (χ2v) is 17.4. The first-order chi connectivity index (χ1) is 30.2. The molecule has 2 aliphatic carbocycles. The van der Waals surface area contributed by atoms with Gasteiger partial charge in [-0.2, -0.15) is 0 Å². The molecule has 1 nitrogen and oxygen atoms in total. The van der Waals surface area contributed by atoms with Crippen LogP contribution in [0.5, 0.6) is 0 Å². The Kier molecular flexibility index (Phi) is 9.95. The first kappa shape index (κ1) is 37.2. The van der Waals surface area contributed by atoms with Crippen LogP contribution in [0, 0.1) is 5.92 Å². The predicted molar refractivity (Wildman–Crippen MR) is 254 cm³/mol. The van der Waals surface area contributed by atoms with Gasteiger partial charge in [-0.15, -0.1) is 0 Å². The second kappa shape index (κ2) is 16.3. The Bertz CT molecular complexity index is 2950. The summed E-state index contributed by atoms with van der Waals surface area (Å²) in [7, 11) is 0. The molecule has 1 saturated carbocycles. The summed E-state index contributed by atoms with van der Waals surface area (Å²) in [5.74, 6) is 1.95. The van der Waals surface area contributed by atoms with Crippen molar-refractivity contribution in [3.63, 3.8) is 0 Å². The van der Waals surface area contributed by atoms with Gasteiger partial charge in [0.15, 0.2) is 0 Å². The van der Waals surface area contributed by atoms with Gasteiger partial charge in [0.25, 0.3) is 0 Å². The quantitative estimate of drug-likeness (QED) is 0.146. The van der Waals surface area contributed by atoms with Crippen molar-refractivity contribution < 1.29 is 0 Å². The molecule has 1 fully saturated rings. The molecule has 3 aliphatic rings. The highest BCUT2D eigenvalue weighted by molar-refractivity contribution is 6.06. The topological polar surface area (TPSA) is 12.4 Å². The predicted octanol–water partition coefficient (Wildman–Crippen LogP) is 13.5. The minimum atomic E-state index is 0.163. The van der Waals surface area contributed by atoms with Crippen LogP contribution in [-0.2, 0) is 0 Å². The highest BCUT2D eigenvalue weighted by Gasteiger charge is 2.39. The van der Waals surface area contributed by atoms with Crippen molar-refractivity contribution in [2.75, 3.05) is 0 Å². The van der Waals surface area contributed by atoms with E-state index in [-0.39, 0.29) is 11.8 Å². The van der Waals surface area contributed by atoms with E-state index in [0.29, 0.717) is 17.8 Å². The zero-order valence-electron chi connectivity index (χ0n) is 34.4. The summed E-state index contributed by atoms with van der Waals surface area (Å²) in [5, 5.41) is 2.57. The van der Waals surface area contributed by atoms with Gasteiger partial charge in [0, 0.05) is 22.8 Å². The summed E-state index contributed by atoms with van der Waals surface area (Å²) in [6, 6.07) is 81.1. The van der Waals surface area contributed by atoms with Crippen LogP contribution >= 0.6 is 0 Å². The summed E-state index contributed by atoms with van der Waals surface area (Å²) in [6.07, 6.45) is 4.42. The van der Waals surface area contributed by atoms with E-state index in [1.54, 1.807) is 0 Å². The summed E-state index contributed by atoms with van der Waals surface area (Å²) >= 11 is 0. The fraction of sp³-hybridized carbons (Fsp3) is 0.150. The van der Waals surface area contributed by atoms with Crippen LogP contribution in [0.2, 0.25) is 0 Å². The molecule has 0 spiro atoms. The molecule has 0 amide bonds. The van der Waals surface area contributed by atoms with E-state index in [4.69, 9.17) is 4.99 Å². The minimum absolute atomic E-state index is 0.163. The highest BCUT2D eigenvalue weighted by Crippen LogP contribution is 2.49. The number of hydrogen-bond acceptors (Lipinski definition) is 1. The van der Waals surface area contributed by atoms with Gasteiger partial charge in [-0.25, -0.2) is 0 Å². The maximum atomic E-state index is 5.52. The van der Waals surface area contributed by atoms with Gasteiger partial charge >= 0.3 is 0 Å². The van der Waals surface area contributed by atoms with Crippen molar-refractivity contribution in [2.45, 2.75) is 49.4 Å². The van der Waals surface area contributed by atoms with E-state index in [0.717, 1.165) is 12.8 Å². The molecule has 294 valence electrons. The molecular formula is C60H49N. The van der Waals surface area contributed by atoms with Crippen molar-refractivity contribution in [1.82, 2.24) is 0 Å². The summed E-state index contributed by atoms with van der Waals surface area (Å²) in [4.78, 5) is 5.52. The van der Waals surface area contributed by atoms with E-state index in [1.807, 2.05) is 0 Å². The van der Waals surface area contributed by atoms with Crippen LogP contribution in [0.3, 0.4) is 0 Å². The lowest BCUT2D eigenvalue weighted by atomic mass is 9.68. The molecule has 11 rings (SSSR count). The molecule has 0 bridgehead atoms. The van der Waals surface area contributed by atoms with Gasteiger partial charge in [-0.3, -0.25) is 4.99 Å². The lowest BCUT2D eigenvalue weighted by Gasteiger charge is -2.36. The number of benzene rings is 8. The Morgan fingerprint density at radius 3 is 1.34 bits per heavy atom. The number of nitrogens with zero attached hydrogens (tertiary/aromatic N) is 1. The Hall–Kier alpha value is -6.83. The van der Waals surface area contributed by atoms with Crippen molar-refractivity contribution in [2.24, 2.45) is 10.9 Å². The first-order valence-electron chi connectivity index (χ1n) is 22.2. The molecule has 1 heterocycles. The fourth-order valence-electron chi connectivity index (χ4n) is 10.9. The maximum absolute atomic E-state index is 5.52. The highest BCUT2D eigenvalue weighted by atomic mass is 14.8. The van der Waals surface area contributed by atoms with Gasteiger partial charge in [-0.1, -0.05) is 212 Å². The summed E-state index contributed by atoms with van der Waals surface area (Å²) in [6.45, 7) is 0. The van der Waals surface area contributed by atoms with Crippen molar-refractivity contribution in [3.8, 4) is 22.3 Å². The second-order valence-electron chi connectivity index (χ2n) is 17.4. The molecule has 5 atom stereocenters. The zero-order valence-corrected chi connectivity index (χ0v) is 34.4. The minimum Gasteiger partial charge on any atom is -0.256 e. The molecule has 61 heavy (non-hydrogen) atoms. The Morgan fingerprint density at radius 2 is 0.754 bits per heavy atom. The maximum Gasteiger partial charge on any atom is 0.0567 e. The van der Waals surface area contributed by atoms with Gasteiger partial charge < -0.3 is 0 Å². The average Bonchev–Trinajstić information content (AvgIpc) is 3.69. The molecule has 8 aromatic carbocycles. The van der Waals surface area contributed by atoms with Crippen LogP contribution in [0.1, 0.15) is 82.7 Å². The number of aliphatic imine (C=N–C) groups is 1. The van der Waals surface area contributed by atoms with Crippen LogP contribution in [0.4, 0.5) is 0 Å². The molecule has 1 aliphatic heterocycles. The third-order valence-corrected chi connectivity index (χ3v) is 13.9. The third kappa shape index (κ3) is 7.29. The number of rotatable bonds is 8. The summed E-state index contributed by atoms with van der Waals surface area (Å²) < 4.78 is 0. The van der Waals surface area contributed by atoms with Crippen LogP contribution < -0.4 is 10.4 Å². The monoisotopic (exact) mass is 783 g/mol. The van der Waals surface area contributed by atoms with E-state index < -0.39 is 0 Å². The van der Waals surface area contributed by atoms with Gasteiger partial charge in [0.05, 0.1) is 5.70 Å². The van der Waals surface area contributed by atoms with Crippen LogP contribution in [-0.4, -0.2) is 5.71 Å². The number of hydrogen-bond donors (Lipinski definition) is 0. The first-order valence-corrected chi connectivity index (χ1v) is 22.2. The van der Waals surface area contributed by atoms with E-state index in [9.17, 15) is 0 Å². The largest absolute Gasteiger partial charge is 0.256 e. The van der Waals surface area contributed by atoms with E-state index in [1.165, 1.54) is 95.9 Å². The SMILES string of the molecule is c1ccc(C2=NC3=c4ccccc4=C(c4cccc(-c5ccc(C6CC(c7ccccc7)CC(c7ccc(-c8ccccc8)cc7)C6)cc5)c4)C3C(c3ccccc3)C2)cc1. The molecule has 0 aromatic heterocycles. The van der Waals surface area contributed by atoms with Gasteiger partial charge in [0.1, 0.15) is 0 Å². The lowest BCUT2D eigenvalue weighted by molar-refractivity contribution is 0.351. The van der Waals surface area contributed by atoms with E-state index in [2.05, 4.69) is 218 Å². The number of fused-ring (bicyclic) bond motifs is 2. The van der Waals surface area contributed by atoms with Crippen LogP contribution in [0.25, 0.3) is 33.5 Å². The van der Waals surface area contributed by atoms with Crippen LogP contribution in [0.15, 0.2) is 223 Å². The zero-order chi connectivity index (χ0) is 40.5. The normalized spacial score (nSPS) is 20.7. The molecule has 0 N–H and O–H groups in total. The lowest BCUT2D eigenvalue weighted by Crippen LogP contribution is -2.25. The molecule has 1 heteroatoms. The Labute approximate surface area is 360 Å². The van der Waals surface area contributed by atoms with E-state index >= 15 is 0 Å².